The molecule has 0 radical (unpaired) electrons. The second-order valence-electron chi connectivity index (χ2n) is 5.35. The van der Waals surface area contributed by atoms with Crippen LogP contribution in [0.3, 0.4) is 0 Å². The Bertz CT molecular complexity index is 633. The van der Waals surface area contributed by atoms with Crippen LogP contribution in [0.2, 0.25) is 0 Å². The van der Waals surface area contributed by atoms with Crippen LogP contribution in [0.1, 0.15) is 12.5 Å². The highest BCUT2D eigenvalue weighted by atomic mass is 28.3. The molecule has 0 unspecified atom stereocenters. The lowest BCUT2D eigenvalue weighted by Gasteiger charge is -2.17. The molecule has 0 fully saturated rings. The highest BCUT2D eigenvalue weighted by Gasteiger charge is 2.17. The Balaban J connectivity index is 2.07. The summed E-state index contributed by atoms with van der Waals surface area (Å²) in [5, 5.41) is 4.45. The molecule has 0 aliphatic heterocycles. The maximum atomic E-state index is 2.33. The van der Waals surface area contributed by atoms with Crippen LogP contribution in [-0.2, 0) is 6.42 Å². The van der Waals surface area contributed by atoms with Gasteiger partial charge in [0.25, 0.3) is 0 Å². The summed E-state index contributed by atoms with van der Waals surface area (Å²) in [6.45, 7) is 2.21. The number of hydrogen-bond acceptors (Lipinski definition) is 0. The van der Waals surface area contributed by atoms with Crippen molar-refractivity contribution < 1.29 is 0 Å². The van der Waals surface area contributed by atoms with Gasteiger partial charge in [0.2, 0.25) is 0 Å². The van der Waals surface area contributed by atoms with Crippen molar-refractivity contribution in [1.29, 1.82) is 0 Å². The van der Waals surface area contributed by atoms with Crippen LogP contribution in [0.5, 0.6) is 0 Å². The minimum Gasteiger partial charge on any atom is -0.0625 e. The molecule has 0 saturated heterocycles. The number of aryl methyl sites for hydroxylation is 1. The van der Waals surface area contributed by atoms with Crippen molar-refractivity contribution in [1.82, 2.24) is 0 Å². The Morgan fingerprint density at radius 3 is 1.43 bits per heavy atom. The highest BCUT2D eigenvalue weighted by Crippen LogP contribution is 2.00. The highest BCUT2D eigenvalue weighted by molar-refractivity contribution is 6.95. The molecule has 0 saturated carbocycles. The quantitative estimate of drug-likeness (QED) is 0.511. The van der Waals surface area contributed by atoms with Gasteiger partial charge in [-0.15, -0.1) is 0 Å². The van der Waals surface area contributed by atoms with Gasteiger partial charge in [-0.1, -0.05) is 107 Å². The van der Waals surface area contributed by atoms with Crippen LogP contribution in [-0.4, -0.2) is 8.80 Å². The summed E-state index contributed by atoms with van der Waals surface area (Å²) < 4.78 is 0. The van der Waals surface area contributed by atoms with E-state index in [0.29, 0.717) is 0 Å². The maximum absolute atomic E-state index is 2.33. The van der Waals surface area contributed by atoms with Gasteiger partial charge in [-0.2, -0.15) is 0 Å². The summed E-state index contributed by atoms with van der Waals surface area (Å²) in [6.07, 6.45) is 1.10. The van der Waals surface area contributed by atoms with E-state index in [1.54, 1.807) is 0 Å². The molecule has 1 heteroatoms. The Morgan fingerprint density at radius 2 is 1.00 bits per heavy atom. The molecule has 3 aromatic carbocycles. The second-order valence-corrected chi connectivity index (χ2v) is 8.22. The molecule has 21 heavy (non-hydrogen) atoms. The lowest BCUT2D eigenvalue weighted by Crippen LogP contribution is -2.51. The fraction of sp³-hybridized carbons (Fsp3) is 0.100. The van der Waals surface area contributed by atoms with Gasteiger partial charge >= 0.3 is 0 Å². The van der Waals surface area contributed by atoms with Crippen molar-refractivity contribution >= 4 is 24.4 Å². The zero-order valence-electron chi connectivity index (χ0n) is 12.4. The SMILES string of the molecule is CCc1ccc([SiH](c2ccccc2)c2ccccc2)cc1. The molecule has 0 N–H and O–H groups in total. The predicted octanol–water partition coefficient (Wildman–Crippen LogP) is 2.50. The van der Waals surface area contributed by atoms with Gasteiger partial charge in [0.15, 0.2) is 0 Å². The number of hydrogen-bond donors (Lipinski definition) is 0. The molecule has 0 bridgehead atoms. The van der Waals surface area contributed by atoms with Gasteiger partial charge in [0.1, 0.15) is 8.80 Å². The summed E-state index contributed by atoms with van der Waals surface area (Å²) in [6, 6.07) is 31.1. The van der Waals surface area contributed by atoms with E-state index in [0.717, 1.165) is 6.42 Å². The topological polar surface area (TPSA) is 0 Å². The van der Waals surface area contributed by atoms with Crippen molar-refractivity contribution in [2.45, 2.75) is 13.3 Å². The molecule has 0 heterocycles. The van der Waals surface area contributed by atoms with E-state index >= 15 is 0 Å². The van der Waals surface area contributed by atoms with Gasteiger partial charge in [0, 0.05) is 0 Å². The molecule has 3 rings (SSSR count). The normalized spacial score (nSPS) is 10.8. The molecule has 104 valence electrons. The number of rotatable bonds is 4. The molecular formula is C20H20Si. The summed E-state index contributed by atoms with van der Waals surface area (Å²) in [4.78, 5) is 0. The zero-order valence-corrected chi connectivity index (χ0v) is 13.5. The third-order valence-corrected chi connectivity index (χ3v) is 7.14. The monoisotopic (exact) mass is 288 g/mol. The Hall–Kier alpha value is -2.12. The van der Waals surface area contributed by atoms with Crippen LogP contribution >= 0.6 is 0 Å². The van der Waals surface area contributed by atoms with E-state index in [4.69, 9.17) is 0 Å². The zero-order chi connectivity index (χ0) is 14.5. The minimum absolute atomic E-state index is 1.10. The van der Waals surface area contributed by atoms with Crippen molar-refractivity contribution in [3.8, 4) is 0 Å². The average Bonchev–Trinajstić information content (AvgIpc) is 2.58. The van der Waals surface area contributed by atoms with Crippen LogP contribution < -0.4 is 15.6 Å². The van der Waals surface area contributed by atoms with Crippen molar-refractivity contribution in [2.24, 2.45) is 0 Å². The first kappa shape index (κ1) is 13.8. The third-order valence-electron chi connectivity index (χ3n) is 3.99. The molecule has 0 nitrogen and oxygen atoms in total. The fourth-order valence-corrected chi connectivity index (χ4v) is 5.76. The van der Waals surface area contributed by atoms with Crippen molar-refractivity contribution in [2.75, 3.05) is 0 Å². The average molecular weight is 288 g/mol. The van der Waals surface area contributed by atoms with Gasteiger partial charge in [0.05, 0.1) is 0 Å². The minimum atomic E-state index is -1.34. The van der Waals surface area contributed by atoms with E-state index in [1.165, 1.54) is 21.1 Å². The van der Waals surface area contributed by atoms with Gasteiger partial charge in [-0.3, -0.25) is 0 Å². The first-order valence-corrected chi connectivity index (χ1v) is 9.30. The lowest BCUT2D eigenvalue weighted by molar-refractivity contribution is 1.14. The third kappa shape index (κ3) is 3.14. The number of benzene rings is 3. The Kier molecular flexibility index (Phi) is 4.32. The van der Waals surface area contributed by atoms with E-state index in [-0.39, 0.29) is 0 Å². The fourth-order valence-electron chi connectivity index (χ4n) is 2.81. The van der Waals surface area contributed by atoms with Crippen LogP contribution in [0.25, 0.3) is 0 Å². The van der Waals surface area contributed by atoms with Crippen molar-refractivity contribution in [3.05, 3.63) is 90.5 Å². The van der Waals surface area contributed by atoms with Crippen LogP contribution in [0, 0.1) is 0 Å². The standard InChI is InChI=1S/C20H20Si/c1-2-17-13-15-20(16-14-17)21(18-9-5-3-6-10-18)19-11-7-4-8-12-19/h3-16,21H,2H2,1H3. The van der Waals surface area contributed by atoms with Gasteiger partial charge < -0.3 is 0 Å². The molecule has 3 aromatic rings. The van der Waals surface area contributed by atoms with E-state index in [2.05, 4.69) is 91.9 Å². The molecule has 0 atom stereocenters. The Labute approximate surface area is 128 Å². The smallest absolute Gasteiger partial charge is 0.0625 e. The molecule has 0 spiro atoms. The molecule has 0 aromatic heterocycles. The lowest BCUT2D eigenvalue weighted by atomic mass is 10.2. The largest absolute Gasteiger partial charge is 0.132 e. The predicted molar refractivity (Wildman–Crippen MR) is 94.8 cm³/mol. The van der Waals surface area contributed by atoms with Crippen LogP contribution in [0.15, 0.2) is 84.9 Å². The summed E-state index contributed by atoms with van der Waals surface area (Å²) in [7, 11) is -1.34. The van der Waals surface area contributed by atoms with Crippen LogP contribution in [0.4, 0.5) is 0 Å². The van der Waals surface area contributed by atoms with Gasteiger partial charge in [-0.05, 0) is 12.0 Å². The maximum Gasteiger partial charge on any atom is 0.132 e. The van der Waals surface area contributed by atoms with E-state index < -0.39 is 8.80 Å². The summed E-state index contributed by atoms with van der Waals surface area (Å²) >= 11 is 0. The molecule has 0 amide bonds. The van der Waals surface area contributed by atoms with E-state index in [1.807, 2.05) is 0 Å². The van der Waals surface area contributed by atoms with Crippen molar-refractivity contribution in [3.63, 3.8) is 0 Å². The van der Waals surface area contributed by atoms with E-state index in [9.17, 15) is 0 Å². The molecule has 0 aliphatic carbocycles. The molecular weight excluding hydrogens is 268 g/mol. The Morgan fingerprint density at radius 1 is 0.571 bits per heavy atom. The summed E-state index contributed by atoms with van der Waals surface area (Å²) in [5.74, 6) is 0. The molecule has 0 aliphatic rings. The first-order valence-electron chi connectivity index (χ1n) is 7.57. The summed E-state index contributed by atoms with van der Waals surface area (Å²) in [5.41, 5.74) is 1.41. The first-order chi connectivity index (χ1) is 10.4. The second kappa shape index (κ2) is 6.55. The van der Waals surface area contributed by atoms with Gasteiger partial charge in [-0.25, -0.2) is 0 Å².